The van der Waals surface area contributed by atoms with Gasteiger partial charge in [-0.3, -0.25) is 14.7 Å². The Kier molecular flexibility index (Phi) is 5.08. The van der Waals surface area contributed by atoms with Crippen molar-refractivity contribution in [3.05, 3.63) is 78.2 Å². The first-order valence-corrected chi connectivity index (χ1v) is 11.0. The van der Waals surface area contributed by atoms with E-state index in [2.05, 4.69) is 20.0 Å². The standard InChI is InChI=1S/C21H17ClN4O2S/c1-29(27,28)26-18-9-15(12-23-13-18)14-5-6-20-19(10-14)21(7-8-24-20)25-17-4-2-3-16(22)11-17/h2-13,26H,1H3,(H,24,25). The molecule has 0 aliphatic heterocycles. The molecule has 0 atom stereocenters. The molecule has 0 bridgehead atoms. The summed E-state index contributed by atoms with van der Waals surface area (Å²) < 4.78 is 25.5. The summed E-state index contributed by atoms with van der Waals surface area (Å²) in [7, 11) is -3.38. The summed E-state index contributed by atoms with van der Waals surface area (Å²) in [6, 6.07) is 17.0. The lowest BCUT2D eigenvalue weighted by Gasteiger charge is -2.12. The van der Waals surface area contributed by atoms with Crippen LogP contribution in [0.4, 0.5) is 17.1 Å². The van der Waals surface area contributed by atoms with E-state index in [1.54, 1.807) is 18.5 Å². The number of fused-ring (bicyclic) bond motifs is 1. The minimum Gasteiger partial charge on any atom is -0.355 e. The van der Waals surface area contributed by atoms with Crippen molar-refractivity contribution in [1.82, 2.24) is 9.97 Å². The molecule has 4 rings (SSSR count). The number of hydrogen-bond acceptors (Lipinski definition) is 5. The summed E-state index contributed by atoms with van der Waals surface area (Å²) in [6.07, 6.45) is 6.01. The predicted octanol–water partition coefficient (Wildman–Crippen LogP) is 5.07. The molecule has 6 nitrogen and oxygen atoms in total. The predicted molar refractivity (Wildman–Crippen MR) is 118 cm³/mol. The molecular weight excluding hydrogens is 408 g/mol. The van der Waals surface area contributed by atoms with Gasteiger partial charge in [0.1, 0.15) is 0 Å². The summed E-state index contributed by atoms with van der Waals surface area (Å²) in [5.41, 5.74) is 4.68. The molecule has 0 saturated carbocycles. The van der Waals surface area contributed by atoms with Gasteiger partial charge in [0.2, 0.25) is 10.0 Å². The first-order chi connectivity index (χ1) is 13.9. The number of rotatable bonds is 5. The number of sulfonamides is 1. The van der Waals surface area contributed by atoms with Crippen LogP contribution < -0.4 is 10.0 Å². The molecule has 2 aromatic carbocycles. The van der Waals surface area contributed by atoms with Crippen LogP contribution in [0.1, 0.15) is 0 Å². The van der Waals surface area contributed by atoms with Crippen molar-refractivity contribution in [2.75, 3.05) is 16.3 Å². The highest BCUT2D eigenvalue weighted by Gasteiger charge is 2.08. The van der Waals surface area contributed by atoms with Gasteiger partial charge in [0, 0.05) is 39.7 Å². The SMILES string of the molecule is CS(=O)(=O)Nc1cncc(-c2ccc3nccc(Nc4cccc(Cl)c4)c3c2)c1. The minimum atomic E-state index is -3.38. The number of nitrogens with zero attached hydrogens (tertiary/aromatic N) is 2. The van der Waals surface area contributed by atoms with Gasteiger partial charge in [0.15, 0.2) is 0 Å². The van der Waals surface area contributed by atoms with Crippen LogP contribution >= 0.6 is 11.6 Å². The molecule has 146 valence electrons. The minimum absolute atomic E-state index is 0.411. The highest BCUT2D eigenvalue weighted by Crippen LogP contribution is 2.31. The highest BCUT2D eigenvalue weighted by atomic mass is 35.5. The monoisotopic (exact) mass is 424 g/mol. The van der Waals surface area contributed by atoms with E-state index in [-0.39, 0.29) is 0 Å². The normalized spacial score (nSPS) is 11.4. The van der Waals surface area contributed by atoms with E-state index in [0.29, 0.717) is 10.7 Å². The topological polar surface area (TPSA) is 84.0 Å². The average molecular weight is 425 g/mol. The maximum absolute atomic E-state index is 11.5. The fourth-order valence-corrected chi connectivity index (χ4v) is 3.75. The van der Waals surface area contributed by atoms with E-state index < -0.39 is 10.0 Å². The number of nitrogens with one attached hydrogen (secondary N) is 2. The van der Waals surface area contributed by atoms with Gasteiger partial charge in [-0.1, -0.05) is 23.7 Å². The van der Waals surface area contributed by atoms with Crippen LogP contribution in [-0.2, 0) is 10.0 Å². The Bertz CT molecular complexity index is 1310. The molecule has 0 saturated heterocycles. The average Bonchev–Trinajstić information content (AvgIpc) is 2.67. The van der Waals surface area contributed by atoms with Crippen LogP contribution in [-0.4, -0.2) is 24.6 Å². The summed E-state index contributed by atoms with van der Waals surface area (Å²) in [5, 5.41) is 4.95. The molecule has 0 spiro atoms. The summed E-state index contributed by atoms with van der Waals surface area (Å²) in [5.74, 6) is 0. The smallest absolute Gasteiger partial charge is 0.229 e. The zero-order chi connectivity index (χ0) is 20.4. The molecule has 0 aliphatic rings. The van der Waals surface area contributed by atoms with Gasteiger partial charge in [-0.25, -0.2) is 8.42 Å². The van der Waals surface area contributed by atoms with Crippen molar-refractivity contribution >= 4 is 49.6 Å². The van der Waals surface area contributed by atoms with Crippen LogP contribution in [0.15, 0.2) is 73.2 Å². The lowest BCUT2D eigenvalue weighted by atomic mass is 10.0. The Morgan fingerprint density at radius 2 is 1.79 bits per heavy atom. The Labute approximate surface area is 173 Å². The van der Waals surface area contributed by atoms with E-state index in [1.807, 2.05) is 48.5 Å². The van der Waals surface area contributed by atoms with Gasteiger partial charge in [0.05, 0.1) is 23.7 Å². The van der Waals surface area contributed by atoms with Gasteiger partial charge in [-0.05, 0) is 48.0 Å². The van der Waals surface area contributed by atoms with Crippen LogP contribution in [0.2, 0.25) is 5.02 Å². The molecule has 2 heterocycles. The van der Waals surface area contributed by atoms with Crippen LogP contribution in [0, 0.1) is 0 Å². The fourth-order valence-electron chi connectivity index (χ4n) is 3.02. The van der Waals surface area contributed by atoms with E-state index in [0.717, 1.165) is 39.7 Å². The molecule has 0 aliphatic carbocycles. The first-order valence-electron chi connectivity index (χ1n) is 8.72. The van der Waals surface area contributed by atoms with E-state index in [4.69, 9.17) is 11.6 Å². The highest BCUT2D eigenvalue weighted by molar-refractivity contribution is 7.92. The fraction of sp³-hybridized carbons (Fsp3) is 0.0476. The summed E-state index contributed by atoms with van der Waals surface area (Å²) >= 11 is 6.09. The summed E-state index contributed by atoms with van der Waals surface area (Å²) in [4.78, 5) is 8.58. The van der Waals surface area contributed by atoms with Crippen molar-refractivity contribution in [1.29, 1.82) is 0 Å². The van der Waals surface area contributed by atoms with Crippen molar-refractivity contribution < 1.29 is 8.42 Å². The second-order valence-electron chi connectivity index (χ2n) is 6.56. The van der Waals surface area contributed by atoms with Crippen molar-refractivity contribution in [2.24, 2.45) is 0 Å². The van der Waals surface area contributed by atoms with Gasteiger partial charge >= 0.3 is 0 Å². The molecule has 4 aromatic rings. The second kappa shape index (κ2) is 7.69. The number of hydrogen-bond donors (Lipinski definition) is 2. The molecule has 0 fully saturated rings. The Morgan fingerprint density at radius 3 is 2.59 bits per heavy atom. The maximum Gasteiger partial charge on any atom is 0.229 e. The third kappa shape index (κ3) is 4.64. The van der Waals surface area contributed by atoms with Crippen LogP contribution in [0.3, 0.4) is 0 Å². The Hall–Kier alpha value is -3.16. The van der Waals surface area contributed by atoms with Crippen LogP contribution in [0.25, 0.3) is 22.0 Å². The first kappa shape index (κ1) is 19.2. The molecule has 0 amide bonds. The quantitative estimate of drug-likeness (QED) is 0.467. The lowest BCUT2D eigenvalue weighted by Crippen LogP contribution is -2.09. The van der Waals surface area contributed by atoms with E-state index in [1.165, 1.54) is 6.20 Å². The maximum atomic E-state index is 11.5. The third-order valence-electron chi connectivity index (χ3n) is 4.22. The van der Waals surface area contributed by atoms with E-state index >= 15 is 0 Å². The summed E-state index contributed by atoms with van der Waals surface area (Å²) in [6.45, 7) is 0. The van der Waals surface area contributed by atoms with Gasteiger partial charge in [0.25, 0.3) is 0 Å². The van der Waals surface area contributed by atoms with Gasteiger partial charge in [-0.15, -0.1) is 0 Å². The molecule has 0 radical (unpaired) electrons. The van der Waals surface area contributed by atoms with Crippen molar-refractivity contribution in [2.45, 2.75) is 0 Å². The number of halogens is 1. The molecule has 2 aromatic heterocycles. The zero-order valence-electron chi connectivity index (χ0n) is 15.4. The molecule has 2 N–H and O–H groups in total. The lowest BCUT2D eigenvalue weighted by molar-refractivity contribution is 0.607. The van der Waals surface area contributed by atoms with E-state index in [9.17, 15) is 8.42 Å². The number of anilines is 3. The van der Waals surface area contributed by atoms with Crippen LogP contribution in [0.5, 0.6) is 0 Å². The zero-order valence-corrected chi connectivity index (χ0v) is 17.0. The van der Waals surface area contributed by atoms with Gasteiger partial charge in [-0.2, -0.15) is 0 Å². The Balaban J connectivity index is 1.75. The molecule has 29 heavy (non-hydrogen) atoms. The second-order valence-corrected chi connectivity index (χ2v) is 8.75. The Morgan fingerprint density at radius 1 is 0.931 bits per heavy atom. The number of benzene rings is 2. The van der Waals surface area contributed by atoms with Gasteiger partial charge < -0.3 is 5.32 Å². The van der Waals surface area contributed by atoms with Crippen molar-refractivity contribution in [3.63, 3.8) is 0 Å². The number of aromatic nitrogens is 2. The number of pyridine rings is 2. The molecule has 8 heteroatoms. The largest absolute Gasteiger partial charge is 0.355 e. The molecular formula is C21H17ClN4O2S. The molecule has 0 unspecified atom stereocenters. The third-order valence-corrected chi connectivity index (χ3v) is 5.06. The van der Waals surface area contributed by atoms with Crippen molar-refractivity contribution in [3.8, 4) is 11.1 Å².